The van der Waals surface area contributed by atoms with Crippen molar-refractivity contribution in [3.8, 4) is 44.5 Å². The van der Waals surface area contributed by atoms with Crippen molar-refractivity contribution in [1.82, 2.24) is 0 Å². The van der Waals surface area contributed by atoms with E-state index in [1.54, 1.807) is 0 Å². The number of para-hydroxylation sites is 1. The normalized spacial score (nSPS) is 12.7. The molecular weight excluding hydrogens is 703 g/mol. The summed E-state index contributed by atoms with van der Waals surface area (Å²) < 4.78 is 6.91. The molecule has 0 saturated heterocycles. The van der Waals surface area contributed by atoms with Crippen molar-refractivity contribution in [1.29, 1.82) is 0 Å². The average molecular weight is 742 g/mol. The number of rotatable bonds is 7. The molecule has 0 fully saturated rings. The van der Waals surface area contributed by atoms with Gasteiger partial charge in [0, 0.05) is 38.8 Å². The van der Waals surface area contributed by atoms with Gasteiger partial charge in [-0.15, -0.1) is 0 Å². The maximum atomic E-state index is 6.91. The molecule has 274 valence electrons. The molecule has 10 aromatic rings. The molecule has 2 nitrogen and oxygen atoms in total. The molecule has 1 aliphatic rings. The molecule has 1 heterocycles. The second-order valence-electron chi connectivity index (χ2n) is 15.4. The summed E-state index contributed by atoms with van der Waals surface area (Å²) in [6.07, 6.45) is 0. The van der Waals surface area contributed by atoms with Gasteiger partial charge in [-0.1, -0.05) is 176 Å². The lowest BCUT2D eigenvalue weighted by molar-refractivity contribution is 0.638. The molecule has 0 radical (unpaired) electrons. The first-order chi connectivity index (χ1) is 28.6. The maximum Gasteiger partial charge on any atom is 0.139 e. The van der Waals surface area contributed by atoms with Gasteiger partial charge in [0.25, 0.3) is 0 Å². The average Bonchev–Trinajstić information content (AvgIpc) is 3.81. The topological polar surface area (TPSA) is 16.4 Å². The second kappa shape index (κ2) is 13.7. The highest BCUT2D eigenvalue weighted by Crippen LogP contribution is 2.54. The first-order valence-electron chi connectivity index (χ1n) is 20.0. The van der Waals surface area contributed by atoms with Gasteiger partial charge < -0.3 is 9.32 Å². The number of furan rings is 1. The van der Waals surface area contributed by atoms with Gasteiger partial charge in [-0.05, 0) is 105 Å². The predicted octanol–water partition coefficient (Wildman–Crippen LogP) is 15.4. The molecule has 0 amide bonds. The monoisotopic (exact) mass is 741 g/mol. The van der Waals surface area contributed by atoms with Crippen LogP contribution >= 0.6 is 0 Å². The van der Waals surface area contributed by atoms with Crippen molar-refractivity contribution in [3.63, 3.8) is 0 Å². The van der Waals surface area contributed by atoms with E-state index in [9.17, 15) is 0 Å². The summed E-state index contributed by atoms with van der Waals surface area (Å²) in [4.78, 5) is 2.35. The van der Waals surface area contributed by atoms with E-state index in [0.29, 0.717) is 0 Å². The molecule has 0 spiro atoms. The summed E-state index contributed by atoms with van der Waals surface area (Å²) in [6.45, 7) is 2.36. The van der Waals surface area contributed by atoms with Gasteiger partial charge in [-0.2, -0.15) is 0 Å². The van der Waals surface area contributed by atoms with Crippen LogP contribution in [0, 0.1) is 0 Å². The molecule has 11 rings (SSSR count). The van der Waals surface area contributed by atoms with Gasteiger partial charge >= 0.3 is 0 Å². The smallest absolute Gasteiger partial charge is 0.139 e. The molecule has 58 heavy (non-hydrogen) atoms. The SMILES string of the molecule is CC1(c2cccc3c2oc2cccc(-c4ccc(N(c5ccc(-c6ccccc6)cc5)c5cccc(-c6ccccc6)c5)cc4)c23)c2ccccc2-c2ccccc21. The zero-order valence-corrected chi connectivity index (χ0v) is 32.1. The highest BCUT2D eigenvalue weighted by Gasteiger charge is 2.42. The van der Waals surface area contributed by atoms with E-state index in [1.807, 2.05) is 0 Å². The number of benzene rings is 9. The van der Waals surface area contributed by atoms with Crippen molar-refractivity contribution in [3.05, 3.63) is 235 Å². The van der Waals surface area contributed by atoms with Gasteiger partial charge in [0.2, 0.25) is 0 Å². The Bertz CT molecular complexity index is 3060. The molecule has 0 aliphatic heterocycles. The van der Waals surface area contributed by atoms with E-state index in [2.05, 4.69) is 230 Å². The van der Waals surface area contributed by atoms with Crippen molar-refractivity contribution >= 4 is 39.0 Å². The van der Waals surface area contributed by atoms with E-state index < -0.39 is 0 Å². The van der Waals surface area contributed by atoms with E-state index >= 15 is 0 Å². The molecular formula is C56H39NO. The Balaban J connectivity index is 1.02. The van der Waals surface area contributed by atoms with Gasteiger partial charge in [0.05, 0.1) is 0 Å². The Hall–Kier alpha value is -7.42. The Kier molecular flexibility index (Phi) is 7.97. The fourth-order valence-corrected chi connectivity index (χ4v) is 9.35. The van der Waals surface area contributed by atoms with Crippen LogP contribution in [-0.2, 0) is 5.41 Å². The summed E-state index contributed by atoms with van der Waals surface area (Å²) in [5.41, 5.74) is 18.2. The Labute approximate surface area is 338 Å². The summed E-state index contributed by atoms with van der Waals surface area (Å²) in [5.74, 6) is 0. The molecule has 9 aromatic carbocycles. The second-order valence-corrected chi connectivity index (χ2v) is 15.4. The Morgan fingerprint density at radius 2 is 0.845 bits per heavy atom. The van der Waals surface area contributed by atoms with Crippen molar-refractivity contribution in [2.75, 3.05) is 4.90 Å². The number of hydrogen-bond donors (Lipinski definition) is 0. The third kappa shape index (κ3) is 5.41. The van der Waals surface area contributed by atoms with E-state index in [1.165, 1.54) is 50.1 Å². The van der Waals surface area contributed by atoms with Crippen LogP contribution in [0.4, 0.5) is 17.1 Å². The first-order valence-corrected chi connectivity index (χ1v) is 20.0. The van der Waals surface area contributed by atoms with Gasteiger partial charge in [-0.25, -0.2) is 0 Å². The molecule has 0 N–H and O–H groups in total. The summed E-state index contributed by atoms with van der Waals surface area (Å²) in [5, 5.41) is 2.27. The number of hydrogen-bond acceptors (Lipinski definition) is 2. The number of anilines is 3. The lowest BCUT2D eigenvalue weighted by Gasteiger charge is -2.28. The van der Waals surface area contributed by atoms with Crippen LogP contribution in [0.15, 0.2) is 223 Å². The van der Waals surface area contributed by atoms with Gasteiger partial charge in [-0.3, -0.25) is 0 Å². The molecule has 1 aromatic heterocycles. The third-order valence-electron chi connectivity index (χ3n) is 12.2. The number of fused-ring (bicyclic) bond motifs is 6. The molecule has 0 bridgehead atoms. The molecule has 0 unspecified atom stereocenters. The van der Waals surface area contributed by atoms with Crippen LogP contribution in [0.2, 0.25) is 0 Å². The van der Waals surface area contributed by atoms with Crippen molar-refractivity contribution in [2.45, 2.75) is 12.3 Å². The highest BCUT2D eigenvalue weighted by molar-refractivity contribution is 6.13. The van der Waals surface area contributed by atoms with E-state index in [4.69, 9.17) is 4.42 Å². The maximum absolute atomic E-state index is 6.91. The zero-order valence-electron chi connectivity index (χ0n) is 32.1. The quantitative estimate of drug-likeness (QED) is 0.162. The fourth-order valence-electron chi connectivity index (χ4n) is 9.35. The van der Waals surface area contributed by atoms with Crippen molar-refractivity contribution < 1.29 is 4.42 Å². The molecule has 2 heteroatoms. The minimum absolute atomic E-state index is 0.358. The van der Waals surface area contributed by atoms with Crippen LogP contribution in [-0.4, -0.2) is 0 Å². The van der Waals surface area contributed by atoms with E-state index in [-0.39, 0.29) is 5.41 Å². The summed E-state index contributed by atoms with van der Waals surface area (Å²) in [7, 11) is 0. The van der Waals surface area contributed by atoms with Crippen molar-refractivity contribution in [2.24, 2.45) is 0 Å². The zero-order chi connectivity index (χ0) is 38.6. The minimum Gasteiger partial charge on any atom is -0.456 e. The largest absolute Gasteiger partial charge is 0.456 e. The Morgan fingerprint density at radius 3 is 1.50 bits per heavy atom. The lowest BCUT2D eigenvalue weighted by Crippen LogP contribution is -2.22. The van der Waals surface area contributed by atoms with Crippen LogP contribution in [0.5, 0.6) is 0 Å². The van der Waals surface area contributed by atoms with Crippen LogP contribution < -0.4 is 4.90 Å². The fraction of sp³-hybridized carbons (Fsp3) is 0.0357. The minimum atomic E-state index is -0.358. The summed E-state index contributed by atoms with van der Waals surface area (Å²) in [6, 6.07) is 78.6. The first kappa shape index (κ1) is 33.9. The van der Waals surface area contributed by atoms with Gasteiger partial charge in [0.15, 0.2) is 0 Å². The molecule has 0 atom stereocenters. The van der Waals surface area contributed by atoms with Crippen LogP contribution in [0.3, 0.4) is 0 Å². The van der Waals surface area contributed by atoms with Gasteiger partial charge in [0.1, 0.15) is 11.2 Å². The summed E-state index contributed by atoms with van der Waals surface area (Å²) >= 11 is 0. The predicted molar refractivity (Wildman–Crippen MR) is 242 cm³/mol. The number of nitrogens with zero attached hydrogens (tertiary/aromatic N) is 1. The highest BCUT2D eigenvalue weighted by atomic mass is 16.3. The molecule has 0 saturated carbocycles. The lowest BCUT2D eigenvalue weighted by atomic mass is 9.74. The van der Waals surface area contributed by atoms with E-state index in [0.717, 1.165) is 50.1 Å². The molecule has 1 aliphatic carbocycles. The van der Waals surface area contributed by atoms with Crippen LogP contribution in [0.1, 0.15) is 23.6 Å². The standard InChI is InChI=1S/C56H39NO/c1-56(50-25-10-8-21-47(50)48-22-9-11-26-51(48)56)52-27-13-24-49-54-46(23-14-28-53(54)58-55(49)52)41-31-35-44(36-32-41)57(43-33-29-40(30-34-43)38-15-4-2-5-16-38)45-20-12-19-42(37-45)39-17-6-3-7-18-39/h2-37H,1H3. The van der Waals surface area contributed by atoms with Crippen LogP contribution in [0.25, 0.3) is 66.4 Å². The Morgan fingerprint density at radius 1 is 0.362 bits per heavy atom. The third-order valence-corrected chi connectivity index (χ3v) is 12.2.